The van der Waals surface area contributed by atoms with E-state index in [-0.39, 0.29) is 5.91 Å². The zero-order chi connectivity index (χ0) is 16.1. The number of carbonyl (C=O) groups is 1. The molecule has 0 atom stereocenters. The Kier molecular flexibility index (Phi) is 5.90. The van der Waals surface area contributed by atoms with Gasteiger partial charge >= 0.3 is 0 Å². The van der Waals surface area contributed by atoms with Crippen molar-refractivity contribution in [3.05, 3.63) is 56.1 Å². The van der Waals surface area contributed by atoms with Crippen LogP contribution in [-0.4, -0.2) is 20.1 Å². The second-order valence-electron chi connectivity index (χ2n) is 4.46. The molecule has 0 saturated carbocycles. The van der Waals surface area contributed by atoms with Gasteiger partial charge in [0.05, 0.1) is 19.8 Å². The third-order valence-electron chi connectivity index (χ3n) is 3.12. The van der Waals surface area contributed by atoms with Crippen LogP contribution in [0.2, 0.25) is 5.02 Å². The van der Waals surface area contributed by atoms with Gasteiger partial charge in [-0.25, -0.2) is 0 Å². The predicted molar refractivity (Wildman–Crippen MR) is 94.9 cm³/mol. The van der Waals surface area contributed by atoms with Gasteiger partial charge in [0.25, 0.3) is 5.91 Å². The van der Waals surface area contributed by atoms with Crippen molar-refractivity contribution < 1.29 is 14.3 Å². The molecule has 2 aromatic rings. The summed E-state index contributed by atoms with van der Waals surface area (Å²) in [5.41, 5.74) is 1.40. The molecular formula is C16H15ClINO3. The van der Waals surface area contributed by atoms with Gasteiger partial charge in [-0.3, -0.25) is 4.79 Å². The molecule has 0 aliphatic rings. The van der Waals surface area contributed by atoms with Crippen LogP contribution in [0.25, 0.3) is 0 Å². The Bertz CT molecular complexity index is 691. The number of hydrogen-bond acceptors (Lipinski definition) is 3. The second kappa shape index (κ2) is 7.69. The highest BCUT2D eigenvalue weighted by atomic mass is 127. The molecule has 1 N–H and O–H groups in total. The van der Waals surface area contributed by atoms with Gasteiger partial charge in [-0.15, -0.1) is 0 Å². The first-order chi connectivity index (χ1) is 10.6. The Morgan fingerprint density at radius 3 is 2.45 bits per heavy atom. The van der Waals surface area contributed by atoms with Crippen LogP contribution in [0.1, 0.15) is 15.9 Å². The fourth-order valence-corrected chi connectivity index (χ4v) is 2.83. The maximum atomic E-state index is 12.4. The van der Waals surface area contributed by atoms with Crippen LogP contribution in [-0.2, 0) is 6.54 Å². The van der Waals surface area contributed by atoms with Crippen LogP contribution in [0.4, 0.5) is 0 Å². The minimum Gasteiger partial charge on any atom is -0.493 e. The Labute approximate surface area is 147 Å². The molecule has 1 amide bonds. The van der Waals surface area contributed by atoms with Crippen molar-refractivity contribution in [2.45, 2.75) is 6.54 Å². The quantitative estimate of drug-likeness (QED) is 0.731. The maximum Gasteiger partial charge on any atom is 0.252 e. The molecule has 0 aliphatic heterocycles. The van der Waals surface area contributed by atoms with E-state index in [9.17, 15) is 4.79 Å². The first kappa shape index (κ1) is 16.9. The molecule has 116 valence electrons. The summed E-state index contributed by atoms with van der Waals surface area (Å²) in [5.74, 6) is 0.922. The van der Waals surface area contributed by atoms with Gasteiger partial charge in [-0.1, -0.05) is 29.8 Å². The third-order valence-corrected chi connectivity index (χ3v) is 4.38. The van der Waals surface area contributed by atoms with Crippen molar-refractivity contribution in [2.75, 3.05) is 14.2 Å². The number of ether oxygens (including phenoxy) is 2. The Morgan fingerprint density at radius 2 is 1.82 bits per heavy atom. The molecular weight excluding hydrogens is 417 g/mol. The molecule has 0 aliphatic carbocycles. The molecule has 0 saturated heterocycles. The van der Waals surface area contributed by atoms with Gasteiger partial charge < -0.3 is 14.8 Å². The number of rotatable bonds is 5. The first-order valence-corrected chi connectivity index (χ1v) is 7.95. The van der Waals surface area contributed by atoms with E-state index in [1.807, 2.05) is 18.2 Å². The zero-order valence-electron chi connectivity index (χ0n) is 12.2. The molecule has 0 heterocycles. The molecule has 2 rings (SSSR count). The maximum absolute atomic E-state index is 12.4. The highest BCUT2D eigenvalue weighted by molar-refractivity contribution is 14.1. The SMILES string of the molecule is COc1cc(I)c(C(=O)NCc2ccccc2Cl)cc1OC. The lowest BCUT2D eigenvalue weighted by Crippen LogP contribution is -2.24. The third kappa shape index (κ3) is 3.84. The standard InChI is InChI=1S/C16H15ClINO3/c1-21-14-7-11(13(18)8-15(14)22-2)16(20)19-9-10-5-3-4-6-12(10)17/h3-8H,9H2,1-2H3,(H,19,20). The predicted octanol–water partition coefficient (Wildman–Crippen LogP) is 3.89. The molecule has 0 fully saturated rings. The second-order valence-corrected chi connectivity index (χ2v) is 6.03. The number of benzene rings is 2. The molecule has 0 aromatic heterocycles. The van der Waals surface area contributed by atoms with Gasteiger partial charge in [0.1, 0.15) is 0 Å². The number of methoxy groups -OCH3 is 2. The monoisotopic (exact) mass is 431 g/mol. The van der Waals surface area contributed by atoms with Crippen LogP contribution in [0.5, 0.6) is 11.5 Å². The van der Waals surface area contributed by atoms with E-state index in [1.165, 1.54) is 7.11 Å². The van der Waals surface area contributed by atoms with Gasteiger partial charge in [0.2, 0.25) is 0 Å². The van der Waals surface area contributed by atoms with Crippen LogP contribution in [0, 0.1) is 3.57 Å². The fourth-order valence-electron chi connectivity index (χ4n) is 1.94. The van der Waals surface area contributed by atoms with E-state index in [0.29, 0.717) is 28.6 Å². The topological polar surface area (TPSA) is 47.6 Å². The molecule has 22 heavy (non-hydrogen) atoms. The first-order valence-electron chi connectivity index (χ1n) is 6.50. The van der Waals surface area contributed by atoms with Gasteiger partial charge in [0, 0.05) is 15.1 Å². The van der Waals surface area contributed by atoms with E-state index in [2.05, 4.69) is 27.9 Å². The number of hydrogen-bond donors (Lipinski definition) is 1. The summed E-state index contributed by atoms with van der Waals surface area (Å²) in [4.78, 5) is 12.4. The highest BCUT2D eigenvalue weighted by Crippen LogP contribution is 2.31. The normalized spacial score (nSPS) is 10.2. The van der Waals surface area contributed by atoms with E-state index in [0.717, 1.165) is 9.13 Å². The van der Waals surface area contributed by atoms with Crippen molar-refractivity contribution in [2.24, 2.45) is 0 Å². The molecule has 4 nitrogen and oxygen atoms in total. The van der Waals surface area contributed by atoms with Gasteiger partial charge in [-0.05, 0) is 46.4 Å². The largest absolute Gasteiger partial charge is 0.493 e. The fraction of sp³-hybridized carbons (Fsp3) is 0.188. The van der Waals surface area contributed by atoms with Gasteiger partial charge in [0.15, 0.2) is 11.5 Å². The van der Waals surface area contributed by atoms with Crippen LogP contribution in [0.3, 0.4) is 0 Å². The average molecular weight is 432 g/mol. The van der Waals surface area contributed by atoms with Crippen molar-refractivity contribution in [3.63, 3.8) is 0 Å². The van der Waals surface area contributed by atoms with Crippen LogP contribution in [0.15, 0.2) is 36.4 Å². The summed E-state index contributed by atoms with van der Waals surface area (Å²) in [6, 6.07) is 10.8. The smallest absolute Gasteiger partial charge is 0.252 e. The van der Waals surface area contributed by atoms with E-state index in [4.69, 9.17) is 21.1 Å². The summed E-state index contributed by atoms with van der Waals surface area (Å²) < 4.78 is 11.2. The van der Waals surface area contributed by atoms with Crippen molar-refractivity contribution >= 4 is 40.1 Å². The number of halogens is 2. The molecule has 0 radical (unpaired) electrons. The van der Waals surface area contributed by atoms with E-state index in [1.54, 1.807) is 25.3 Å². The summed E-state index contributed by atoms with van der Waals surface area (Å²) in [6.45, 7) is 0.364. The average Bonchev–Trinajstić information content (AvgIpc) is 2.53. The molecule has 2 aromatic carbocycles. The van der Waals surface area contributed by atoms with E-state index >= 15 is 0 Å². The lowest BCUT2D eigenvalue weighted by Gasteiger charge is -2.12. The number of nitrogens with one attached hydrogen (secondary N) is 1. The van der Waals surface area contributed by atoms with Gasteiger partial charge in [-0.2, -0.15) is 0 Å². The Morgan fingerprint density at radius 1 is 1.18 bits per heavy atom. The highest BCUT2D eigenvalue weighted by Gasteiger charge is 2.15. The van der Waals surface area contributed by atoms with Crippen LogP contribution < -0.4 is 14.8 Å². The molecule has 0 spiro atoms. The van der Waals surface area contributed by atoms with E-state index < -0.39 is 0 Å². The zero-order valence-corrected chi connectivity index (χ0v) is 15.1. The summed E-state index contributed by atoms with van der Waals surface area (Å²) in [5, 5.41) is 3.49. The molecule has 0 unspecified atom stereocenters. The number of amides is 1. The minimum absolute atomic E-state index is 0.190. The lowest BCUT2D eigenvalue weighted by molar-refractivity contribution is 0.0949. The van der Waals surface area contributed by atoms with Crippen molar-refractivity contribution in [1.29, 1.82) is 0 Å². The minimum atomic E-state index is -0.190. The summed E-state index contributed by atoms with van der Waals surface area (Å²) in [7, 11) is 3.10. The molecule has 0 bridgehead atoms. The summed E-state index contributed by atoms with van der Waals surface area (Å²) >= 11 is 8.18. The Hall–Kier alpha value is -1.47. The summed E-state index contributed by atoms with van der Waals surface area (Å²) in [6.07, 6.45) is 0. The van der Waals surface area contributed by atoms with Crippen molar-refractivity contribution in [3.8, 4) is 11.5 Å². The van der Waals surface area contributed by atoms with Crippen molar-refractivity contribution in [1.82, 2.24) is 5.32 Å². The van der Waals surface area contributed by atoms with Crippen LogP contribution >= 0.6 is 34.2 Å². The number of carbonyl (C=O) groups excluding carboxylic acids is 1. The molecule has 6 heteroatoms. The Balaban J connectivity index is 2.18. The lowest BCUT2D eigenvalue weighted by atomic mass is 10.1.